The molecule has 0 radical (unpaired) electrons. The van der Waals surface area contributed by atoms with Gasteiger partial charge in [0.25, 0.3) is 0 Å². The summed E-state index contributed by atoms with van der Waals surface area (Å²) in [7, 11) is 0. The van der Waals surface area contributed by atoms with Crippen LogP contribution in [0.2, 0.25) is 0 Å². The molecule has 0 aromatic carbocycles. The molecule has 114 valence electrons. The third-order valence-electron chi connectivity index (χ3n) is 5.97. The molecule has 1 saturated heterocycles. The minimum atomic E-state index is -0.735. The van der Waals surface area contributed by atoms with Crippen molar-refractivity contribution in [2.45, 2.75) is 62.0 Å². The van der Waals surface area contributed by atoms with Gasteiger partial charge in [-0.3, -0.25) is 4.79 Å². The fourth-order valence-corrected chi connectivity index (χ4v) is 6.22. The highest BCUT2D eigenvalue weighted by Gasteiger charge is 2.65. The standard InChI is InChI=1S/C15H22Br2O3/c1-13-5-3-6-14(2,19)11(13)10-9(4-7-13)15(17,8-16)12(18)20-10/h9-11,19H,3-8H2,1-2H3/t9?,10-,11+,13+,14+,15+/m0/s1. The third kappa shape index (κ3) is 1.95. The van der Waals surface area contributed by atoms with E-state index in [1.54, 1.807) is 0 Å². The van der Waals surface area contributed by atoms with Gasteiger partial charge in [0.2, 0.25) is 0 Å². The molecule has 3 aliphatic rings. The number of rotatable bonds is 1. The molecule has 6 atom stereocenters. The molecule has 3 nitrogen and oxygen atoms in total. The van der Waals surface area contributed by atoms with Crippen LogP contribution in [-0.4, -0.2) is 32.4 Å². The molecule has 0 spiro atoms. The van der Waals surface area contributed by atoms with Gasteiger partial charge in [-0.15, -0.1) is 0 Å². The van der Waals surface area contributed by atoms with Crippen LogP contribution in [0, 0.1) is 17.3 Å². The molecule has 2 aliphatic carbocycles. The molecule has 3 rings (SSSR count). The van der Waals surface area contributed by atoms with Crippen LogP contribution >= 0.6 is 31.9 Å². The molecular formula is C15H22Br2O3. The molecule has 0 amide bonds. The summed E-state index contributed by atoms with van der Waals surface area (Å²) in [6.07, 6.45) is 4.87. The summed E-state index contributed by atoms with van der Waals surface area (Å²) in [5.74, 6) is 0.0250. The summed E-state index contributed by atoms with van der Waals surface area (Å²) in [5, 5.41) is 11.5. The number of alkyl halides is 2. The van der Waals surface area contributed by atoms with Crippen LogP contribution < -0.4 is 0 Å². The number of aliphatic hydroxyl groups is 1. The van der Waals surface area contributed by atoms with Crippen LogP contribution in [0.1, 0.15) is 46.0 Å². The maximum atomic E-state index is 12.3. The highest BCUT2D eigenvalue weighted by atomic mass is 79.9. The van der Waals surface area contributed by atoms with Crippen molar-refractivity contribution in [3.63, 3.8) is 0 Å². The number of carbonyl (C=O) groups excluding carboxylic acids is 1. The van der Waals surface area contributed by atoms with Gasteiger partial charge in [0.1, 0.15) is 10.4 Å². The average molecular weight is 410 g/mol. The number of hydrogen-bond acceptors (Lipinski definition) is 3. The lowest BCUT2D eigenvalue weighted by molar-refractivity contribution is -0.181. The van der Waals surface area contributed by atoms with Gasteiger partial charge in [-0.1, -0.05) is 45.2 Å². The van der Waals surface area contributed by atoms with E-state index < -0.39 is 9.93 Å². The van der Waals surface area contributed by atoms with Gasteiger partial charge < -0.3 is 9.84 Å². The Morgan fingerprint density at radius 3 is 2.70 bits per heavy atom. The van der Waals surface area contributed by atoms with Crippen LogP contribution in [0.3, 0.4) is 0 Å². The highest BCUT2D eigenvalue weighted by Crippen LogP contribution is 2.61. The Bertz CT molecular complexity index is 439. The van der Waals surface area contributed by atoms with Crippen LogP contribution in [0.5, 0.6) is 0 Å². The summed E-state index contributed by atoms with van der Waals surface area (Å²) in [6.45, 7) is 4.19. The van der Waals surface area contributed by atoms with Gasteiger partial charge in [-0.2, -0.15) is 0 Å². The van der Waals surface area contributed by atoms with Gasteiger partial charge in [-0.05, 0) is 38.0 Å². The van der Waals surface area contributed by atoms with Gasteiger partial charge in [-0.25, -0.2) is 0 Å². The minimum absolute atomic E-state index is 0.0462. The first-order chi connectivity index (χ1) is 9.24. The minimum Gasteiger partial charge on any atom is -0.460 e. The Balaban J connectivity index is 2.00. The summed E-state index contributed by atoms with van der Waals surface area (Å²) >= 11 is 7.08. The summed E-state index contributed by atoms with van der Waals surface area (Å²) in [5.41, 5.74) is -0.644. The van der Waals surface area contributed by atoms with E-state index >= 15 is 0 Å². The zero-order chi connectivity index (χ0) is 14.8. The number of halogens is 2. The predicted octanol–water partition coefficient (Wildman–Crippen LogP) is 3.41. The van der Waals surface area contributed by atoms with Crippen molar-refractivity contribution in [3.05, 3.63) is 0 Å². The maximum Gasteiger partial charge on any atom is 0.324 e. The van der Waals surface area contributed by atoms with Gasteiger partial charge in [0.05, 0.1) is 5.60 Å². The number of carbonyl (C=O) groups is 1. The SMILES string of the molecule is C[C@]12CCC[C@@](C)(O)[C@@H]1[C@H]1OC(=O)[C@@](Br)(CBr)C1CC2. The molecule has 1 unspecified atom stereocenters. The summed E-state index contributed by atoms with van der Waals surface area (Å²) < 4.78 is 5.15. The Morgan fingerprint density at radius 1 is 1.35 bits per heavy atom. The first kappa shape index (κ1) is 15.3. The van der Waals surface area contributed by atoms with Crippen LogP contribution in [0.15, 0.2) is 0 Å². The van der Waals surface area contributed by atoms with Crippen molar-refractivity contribution in [2.75, 3.05) is 5.33 Å². The molecule has 1 heterocycles. The third-order valence-corrected chi connectivity index (χ3v) is 8.80. The number of fused-ring (bicyclic) bond motifs is 3. The predicted molar refractivity (Wildman–Crippen MR) is 84.1 cm³/mol. The van der Waals surface area contributed by atoms with E-state index in [0.717, 1.165) is 32.1 Å². The second-order valence-corrected chi connectivity index (χ2v) is 9.33. The largest absolute Gasteiger partial charge is 0.460 e. The smallest absolute Gasteiger partial charge is 0.324 e. The van der Waals surface area contributed by atoms with Crippen molar-refractivity contribution in [2.24, 2.45) is 17.3 Å². The molecule has 3 fully saturated rings. The second kappa shape index (κ2) is 4.69. The van der Waals surface area contributed by atoms with E-state index in [1.165, 1.54) is 0 Å². The molecule has 0 bridgehead atoms. The van der Waals surface area contributed by atoms with E-state index in [0.29, 0.717) is 5.33 Å². The monoisotopic (exact) mass is 408 g/mol. The molecular weight excluding hydrogens is 388 g/mol. The van der Waals surface area contributed by atoms with E-state index in [1.807, 2.05) is 6.92 Å². The maximum absolute atomic E-state index is 12.3. The van der Waals surface area contributed by atoms with E-state index in [4.69, 9.17) is 4.74 Å². The van der Waals surface area contributed by atoms with E-state index in [9.17, 15) is 9.90 Å². The zero-order valence-corrected chi connectivity index (χ0v) is 15.2. The molecule has 20 heavy (non-hydrogen) atoms. The average Bonchev–Trinajstić information content (AvgIpc) is 2.60. The Hall–Kier alpha value is 0.390. The lowest BCUT2D eigenvalue weighted by Gasteiger charge is -2.56. The summed E-state index contributed by atoms with van der Waals surface area (Å²) in [4.78, 5) is 12.3. The molecule has 0 aromatic rings. The molecule has 1 N–H and O–H groups in total. The van der Waals surface area contributed by atoms with Gasteiger partial charge >= 0.3 is 5.97 Å². The van der Waals surface area contributed by atoms with Crippen LogP contribution in [0.25, 0.3) is 0 Å². The quantitative estimate of drug-likeness (QED) is 0.533. The van der Waals surface area contributed by atoms with Gasteiger partial charge in [0, 0.05) is 17.2 Å². The second-order valence-electron chi connectivity index (χ2n) is 7.35. The lowest BCUT2D eigenvalue weighted by Crippen LogP contribution is -2.58. The lowest BCUT2D eigenvalue weighted by atomic mass is 9.52. The van der Waals surface area contributed by atoms with Gasteiger partial charge in [0.15, 0.2) is 0 Å². The Morgan fingerprint density at radius 2 is 2.05 bits per heavy atom. The van der Waals surface area contributed by atoms with Crippen molar-refractivity contribution >= 4 is 37.8 Å². The molecule has 0 aromatic heterocycles. The summed E-state index contributed by atoms with van der Waals surface area (Å²) in [6, 6.07) is 0. The first-order valence-electron chi connectivity index (χ1n) is 7.43. The van der Waals surface area contributed by atoms with Crippen molar-refractivity contribution in [1.82, 2.24) is 0 Å². The van der Waals surface area contributed by atoms with E-state index in [2.05, 4.69) is 38.8 Å². The van der Waals surface area contributed by atoms with Crippen LogP contribution in [-0.2, 0) is 9.53 Å². The number of esters is 1. The molecule has 5 heteroatoms. The van der Waals surface area contributed by atoms with Crippen LogP contribution in [0.4, 0.5) is 0 Å². The molecule has 1 aliphatic heterocycles. The van der Waals surface area contributed by atoms with Crippen molar-refractivity contribution < 1.29 is 14.6 Å². The normalized spacial score (nSPS) is 55.0. The fourth-order valence-electron chi connectivity index (χ4n) is 4.99. The van der Waals surface area contributed by atoms with Crippen molar-refractivity contribution in [1.29, 1.82) is 0 Å². The number of ether oxygens (including phenoxy) is 1. The first-order valence-corrected chi connectivity index (χ1v) is 9.34. The fraction of sp³-hybridized carbons (Fsp3) is 0.933. The number of hydrogen-bond donors (Lipinski definition) is 1. The Kier molecular flexibility index (Phi) is 3.59. The Labute approximate surface area is 137 Å². The topological polar surface area (TPSA) is 46.5 Å². The van der Waals surface area contributed by atoms with E-state index in [-0.39, 0.29) is 29.3 Å². The highest BCUT2D eigenvalue weighted by molar-refractivity contribution is 9.12. The molecule has 2 saturated carbocycles. The zero-order valence-electron chi connectivity index (χ0n) is 12.0. The van der Waals surface area contributed by atoms with Crippen molar-refractivity contribution in [3.8, 4) is 0 Å².